The van der Waals surface area contributed by atoms with Crippen molar-refractivity contribution in [2.75, 3.05) is 6.61 Å². The van der Waals surface area contributed by atoms with Crippen LogP contribution in [0.1, 0.15) is 23.8 Å². The number of hydrogen-bond donors (Lipinski definition) is 0. The van der Waals surface area contributed by atoms with Crippen LogP contribution in [0, 0.1) is 0 Å². The van der Waals surface area contributed by atoms with Crippen molar-refractivity contribution in [3.8, 4) is 0 Å². The first-order chi connectivity index (χ1) is 7.13. The van der Waals surface area contributed by atoms with Gasteiger partial charge in [0.2, 0.25) is 0 Å². The van der Waals surface area contributed by atoms with Crippen LogP contribution in [0.4, 0.5) is 0 Å². The molecule has 0 bridgehead atoms. The van der Waals surface area contributed by atoms with Gasteiger partial charge in [0.15, 0.2) is 5.78 Å². The number of ketones is 1. The van der Waals surface area contributed by atoms with Gasteiger partial charge < -0.3 is 4.74 Å². The molecule has 1 aromatic rings. The van der Waals surface area contributed by atoms with Crippen LogP contribution >= 0.6 is 15.9 Å². The Hall–Kier alpha value is -1.23. The van der Waals surface area contributed by atoms with Gasteiger partial charge in [0.25, 0.3) is 0 Å². The number of carbonyl (C=O) groups is 2. The average Bonchev–Trinajstić information content (AvgIpc) is 2.18. The number of carbonyl (C=O) groups excluding carboxylic acids is 2. The van der Waals surface area contributed by atoms with Crippen LogP contribution in [0.2, 0.25) is 0 Å². The second-order valence-corrected chi connectivity index (χ2v) is 3.56. The third-order valence-electron chi connectivity index (χ3n) is 1.61. The predicted octanol–water partition coefficient (Wildman–Crippen LogP) is 1.98. The van der Waals surface area contributed by atoms with Crippen LogP contribution in [0.25, 0.3) is 0 Å². The quantitative estimate of drug-likeness (QED) is 0.364. The van der Waals surface area contributed by atoms with Crippen molar-refractivity contribution in [1.82, 2.24) is 4.98 Å². The number of nitrogens with zero attached hydrogens (tertiary/aromatic N) is 1. The van der Waals surface area contributed by atoms with Gasteiger partial charge in [-0.25, -0.2) is 4.98 Å². The van der Waals surface area contributed by atoms with Crippen molar-refractivity contribution >= 4 is 27.7 Å². The summed E-state index contributed by atoms with van der Waals surface area (Å²) in [6.45, 7) is 1.97. The monoisotopic (exact) mass is 271 g/mol. The lowest BCUT2D eigenvalue weighted by Crippen LogP contribution is -2.12. The van der Waals surface area contributed by atoms with E-state index in [1.807, 2.05) is 0 Å². The molecule has 0 radical (unpaired) electrons. The van der Waals surface area contributed by atoms with Gasteiger partial charge in [-0.3, -0.25) is 9.59 Å². The number of pyridine rings is 1. The number of aromatic nitrogens is 1. The fourth-order valence-electron chi connectivity index (χ4n) is 0.997. The molecule has 0 spiro atoms. The van der Waals surface area contributed by atoms with Crippen LogP contribution < -0.4 is 0 Å². The maximum atomic E-state index is 11.5. The third-order valence-corrected chi connectivity index (χ3v) is 2.05. The minimum Gasteiger partial charge on any atom is -0.466 e. The lowest BCUT2D eigenvalue weighted by atomic mass is 10.2. The molecule has 0 amide bonds. The molecule has 80 valence electrons. The molecule has 0 saturated carbocycles. The van der Waals surface area contributed by atoms with Crippen LogP contribution in [0.15, 0.2) is 22.8 Å². The summed E-state index contributed by atoms with van der Waals surface area (Å²) in [5.74, 6) is -0.862. The largest absolute Gasteiger partial charge is 0.466 e. The van der Waals surface area contributed by atoms with E-state index in [-0.39, 0.29) is 24.5 Å². The summed E-state index contributed by atoms with van der Waals surface area (Å²) < 4.78 is 5.23. The number of rotatable bonds is 4. The first-order valence-corrected chi connectivity index (χ1v) is 5.24. The Morgan fingerprint density at radius 3 is 2.80 bits per heavy atom. The van der Waals surface area contributed by atoms with E-state index in [1.165, 1.54) is 0 Å². The summed E-state index contributed by atoms with van der Waals surface area (Å²) in [4.78, 5) is 26.5. The van der Waals surface area contributed by atoms with E-state index in [4.69, 9.17) is 0 Å². The summed E-state index contributed by atoms with van der Waals surface area (Å²) in [5, 5.41) is 0. The second-order valence-electron chi connectivity index (χ2n) is 2.75. The number of ether oxygens (including phenoxy) is 1. The van der Waals surface area contributed by atoms with E-state index in [0.717, 1.165) is 0 Å². The smallest absolute Gasteiger partial charge is 0.313 e. The number of Topliss-reactive ketones (excluding diaryl/α,β-unsaturated/α-hetero) is 1. The molecule has 0 atom stereocenters. The minimum absolute atomic E-state index is 0.262. The molecule has 5 heteroatoms. The molecule has 0 aliphatic rings. The summed E-state index contributed by atoms with van der Waals surface area (Å²) in [7, 11) is 0. The lowest BCUT2D eigenvalue weighted by Gasteiger charge is -2.01. The standard InChI is InChI=1S/C10H10BrNO3/c1-2-15-10(14)6-8(13)7-4-3-5-9(11)12-7/h3-5H,2,6H2,1H3. The van der Waals surface area contributed by atoms with Crippen molar-refractivity contribution < 1.29 is 14.3 Å². The molecule has 0 N–H and O–H groups in total. The molecule has 0 unspecified atom stereocenters. The molecule has 0 fully saturated rings. The normalized spacial score (nSPS) is 9.73. The molecule has 4 nitrogen and oxygen atoms in total. The topological polar surface area (TPSA) is 56.3 Å². The van der Waals surface area contributed by atoms with Crippen LogP contribution in [0.3, 0.4) is 0 Å². The molecule has 1 aromatic heterocycles. The minimum atomic E-state index is -0.524. The molecular weight excluding hydrogens is 262 g/mol. The third kappa shape index (κ3) is 3.79. The Balaban J connectivity index is 2.65. The van der Waals surface area contributed by atoms with Crippen LogP contribution in [-0.2, 0) is 9.53 Å². The number of hydrogen-bond acceptors (Lipinski definition) is 4. The first kappa shape index (κ1) is 11.8. The van der Waals surface area contributed by atoms with Gasteiger partial charge in [0, 0.05) is 0 Å². The highest BCUT2D eigenvalue weighted by atomic mass is 79.9. The maximum absolute atomic E-state index is 11.5. The number of esters is 1. The van der Waals surface area contributed by atoms with Crippen LogP contribution in [0.5, 0.6) is 0 Å². The van der Waals surface area contributed by atoms with Gasteiger partial charge in [-0.05, 0) is 35.0 Å². The van der Waals surface area contributed by atoms with Crippen molar-refractivity contribution in [3.05, 3.63) is 28.5 Å². The fraction of sp³-hybridized carbons (Fsp3) is 0.300. The van der Waals surface area contributed by atoms with Gasteiger partial charge in [-0.1, -0.05) is 6.07 Å². The van der Waals surface area contributed by atoms with E-state index in [9.17, 15) is 9.59 Å². The molecule has 0 aliphatic carbocycles. The summed E-state index contributed by atoms with van der Waals surface area (Å²) in [6.07, 6.45) is -0.267. The van der Waals surface area contributed by atoms with E-state index in [1.54, 1.807) is 25.1 Å². The molecule has 0 aliphatic heterocycles. The lowest BCUT2D eigenvalue weighted by molar-refractivity contribution is -0.141. The average molecular weight is 272 g/mol. The first-order valence-electron chi connectivity index (χ1n) is 4.45. The Kier molecular flexibility index (Phi) is 4.42. The molecule has 0 saturated heterocycles. The van der Waals surface area contributed by atoms with Gasteiger partial charge in [0.1, 0.15) is 16.7 Å². The summed E-state index contributed by atoms with van der Waals surface area (Å²) in [5.41, 5.74) is 0.262. The van der Waals surface area contributed by atoms with Crippen molar-refractivity contribution in [3.63, 3.8) is 0 Å². The Labute approximate surface area is 95.8 Å². The van der Waals surface area contributed by atoms with E-state index >= 15 is 0 Å². The number of halogens is 1. The van der Waals surface area contributed by atoms with Gasteiger partial charge in [-0.15, -0.1) is 0 Å². The van der Waals surface area contributed by atoms with Gasteiger partial charge in [-0.2, -0.15) is 0 Å². The highest BCUT2D eigenvalue weighted by molar-refractivity contribution is 9.10. The summed E-state index contributed by atoms with van der Waals surface area (Å²) >= 11 is 3.15. The molecule has 1 heterocycles. The molecular formula is C10H10BrNO3. The maximum Gasteiger partial charge on any atom is 0.313 e. The highest BCUT2D eigenvalue weighted by Gasteiger charge is 2.13. The van der Waals surface area contributed by atoms with Crippen molar-refractivity contribution in [2.24, 2.45) is 0 Å². The van der Waals surface area contributed by atoms with Gasteiger partial charge >= 0.3 is 5.97 Å². The van der Waals surface area contributed by atoms with Crippen molar-refractivity contribution in [2.45, 2.75) is 13.3 Å². The second kappa shape index (κ2) is 5.60. The van der Waals surface area contributed by atoms with Crippen molar-refractivity contribution in [1.29, 1.82) is 0 Å². The van der Waals surface area contributed by atoms with Gasteiger partial charge in [0.05, 0.1) is 6.61 Å². The molecule has 0 aromatic carbocycles. The van der Waals surface area contributed by atoms with Crippen LogP contribution in [-0.4, -0.2) is 23.3 Å². The van der Waals surface area contributed by atoms with E-state index in [2.05, 4.69) is 25.7 Å². The predicted molar refractivity (Wildman–Crippen MR) is 57.5 cm³/mol. The molecule has 1 rings (SSSR count). The SMILES string of the molecule is CCOC(=O)CC(=O)c1cccc(Br)n1. The summed E-state index contributed by atoms with van der Waals surface area (Å²) in [6, 6.07) is 4.96. The Morgan fingerprint density at radius 2 is 2.20 bits per heavy atom. The Morgan fingerprint density at radius 1 is 1.47 bits per heavy atom. The zero-order valence-electron chi connectivity index (χ0n) is 8.20. The fourth-order valence-corrected chi connectivity index (χ4v) is 1.34. The zero-order chi connectivity index (χ0) is 11.3. The zero-order valence-corrected chi connectivity index (χ0v) is 9.78. The molecule has 15 heavy (non-hydrogen) atoms. The Bertz CT molecular complexity index is 379. The highest BCUT2D eigenvalue weighted by Crippen LogP contribution is 2.08. The van der Waals surface area contributed by atoms with E-state index in [0.29, 0.717) is 4.60 Å². The van der Waals surface area contributed by atoms with E-state index < -0.39 is 5.97 Å².